The lowest BCUT2D eigenvalue weighted by molar-refractivity contribution is -0.141. The molecule has 0 bridgehead atoms. The number of nitrogens with zero attached hydrogens (tertiary/aromatic N) is 2. The Morgan fingerprint density at radius 3 is 2.28 bits per heavy atom. The Labute approximate surface area is 172 Å². The Balaban J connectivity index is 1.64. The van der Waals surface area contributed by atoms with E-state index < -0.39 is 11.7 Å². The maximum atomic E-state index is 13.0. The van der Waals surface area contributed by atoms with Crippen molar-refractivity contribution in [3.63, 3.8) is 0 Å². The van der Waals surface area contributed by atoms with E-state index in [0.29, 0.717) is 65.4 Å². The number of amides is 3. The normalized spacial score (nSPS) is 27.8. The van der Waals surface area contributed by atoms with E-state index in [-0.39, 0.29) is 29.7 Å². The van der Waals surface area contributed by atoms with Gasteiger partial charge in [0.1, 0.15) is 5.60 Å². The molecule has 3 rings (SSSR count). The summed E-state index contributed by atoms with van der Waals surface area (Å²) in [5.41, 5.74) is -0.586. The summed E-state index contributed by atoms with van der Waals surface area (Å²) in [6.45, 7) is 8.99. The standard InChI is InChI=1S/C20H33N3O6/c1-20(2,3)29-19(26)22-6-7-23(18(25)15-5-9-28-13-15)16(11-22)10-21-17(24)14-4-8-27-12-14/h14-16H,4-13H2,1-3H3,(H,21,24)/t14-,15+,16+/m0/s1. The molecular formula is C20H33N3O6. The predicted molar refractivity (Wildman–Crippen MR) is 104 cm³/mol. The third kappa shape index (κ3) is 5.82. The predicted octanol–water partition coefficient (Wildman–Crippen LogP) is 0.624. The number of carbonyl (C=O) groups is 3. The molecule has 0 aromatic rings. The second-order valence-electron chi connectivity index (χ2n) is 8.98. The molecule has 0 aromatic heterocycles. The largest absolute Gasteiger partial charge is 0.444 e. The molecule has 0 radical (unpaired) electrons. The lowest BCUT2D eigenvalue weighted by atomic mass is 10.0. The van der Waals surface area contributed by atoms with E-state index in [2.05, 4.69) is 5.32 Å². The lowest BCUT2D eigenvalue weighted by Gasteiger charge is -2.42. The fourth-order valence-corrected chi connectivity index (χ4v) is 3.88. The highest BCUT2D eigenvalue weighted by Gasteiger charge is 2.38. The maximum Gasteiger partial charge on any atom is 0.410 e. The summed E-state index contributed by atoms with van der Waals surface area (Å²) in [6.07, 6.45) is 1.03. The molecule has 3 aliphatic heterocycles. The molecule has 0 unspecified atom stereocenters. The highest BCUT2D eigenvalue weighted by atomic mass is 16.6. The fourth-order valence-electron chi connectivity index (χ4n) is 3.88. The van der Waals surface area contributed by atoms with Gasteiger partial charge in [0.2, 0.25) is 11.8 Å². The molecule has 0 spiro atoms. The van der Waals surface area contributed by atoms with Crippen molar-refractivity contribution < 1.29 is 28.6 Å². The minimum Gasteiger partial charge on any atom is -0.444 e. The molecule has 0 saturated carbocycles. The van der Waals surface area contributed by atoms with Gasteiger partial charge in [-0.1, -0.05) is 0 Å². The summed E-state index contributed by atoms with van der Waals surface area (Å²) in [5.74, 6) is -0.319. The Hall–Kier alpha value is -1.87. The van der Waals surface area contributed by atoms with E-state index in [1.54, 1.807) is 9.80 Å². The first-order valence-electron chi connectivity index (χ1n) is 10.5. The van der Waals surface area contributed by atoms with E-state index in [9.17, 15) is 14.4 Å². The molecule has 3 saturated heterocycles. The molecule has 29 heavy (non-hydrogen) atoms. The monoisotopic (exact) mass is 411 g/mol. The van der Waals surface area contributed by atoms with Crippen molar-refractivity contribution in [3.05, 3.63) is 0 Å². The second kappa shape index (κ2) is 9.30. The lowest BCUT2D eigenvalue weighted by Crippen LogP contribution is -2.61. The van der Waals surface area contributed by atoms with Gasteiger partial charge < -0.3 is 29.3 Å². The van der Waals surface area contributed by atoms with Crippen LogP contribution in [0.25, 0.3) is 0 Å². The Bertz CT molecular complexity index is 608. The molecule has 3 amide bonds. The molecule has 9 nitrogen and oxygen atoms in total. The van der Waals surface area contributed by atoms with Crippen molar-refractivity contribution in [2.45, 2.75) is 45.3 Å². The zero-order valence-corrected chi connectivity index (χ0v) is 17.6. The van der Waals surface area contributed by atoms with Crippen LogP contribution in [0.2, 0.25) is 0 Å². The van der Waals surface area contributed by atoms with Gasteiger partial charge in [-0.2, -0.15) is 0 Å². The van der Waals surface area contributed by atoms with E-state index in [1.807, 2.05) is 20.8 Å². The summed E-state index contributed by atoms with van der Waals surface area (Å²) < 4.78 is 16.1. The average Bonchev–Trinajstić information content (AvgIpc) is 3.37. The van der Waals surface area contributed by atoms with Crippen LogP contribution in [0.1, 0.15) is 33.6 Å². The number of rotatable bonds is 4. The number of carbonyl (C=O) groups excluding carboxylic acids is 3. The second-order valence-corrected chi connectivity index (χ2v) is 8.98. The summed E-state index contributed by atoms with van der Waals surface area (Å²) in [6, 6.07) is -0.296. The third-order valence-electron chi connectivity index (χ3n) is 5.51. The molecule has 3 fully saturated rings. The Morgan fingerprint density at radius 2 is 1.69 bits per heavy atom. The number of ether oxygens (including phenoxy) is 3. The molecule has 3 atom stereocenters. The molecule has 3 heterocycles. The zero-order valence-electron chi connectivity index (χ0n) is 17.6. The van der Waals surface area contributed by atoms with Crippen molar-refractivity contribution in [2.75, 3.05) is 52.6 Å². The van der Waals surface area contributed by atoms with Gasteiger partial charge in [-0.05, 0) is 33.6 Å². The maximum absolute atomic E-state index is 13.0. The number of hydrogen-bond acceptors (Lipinski definition) is 6. The van der Waals surface area contributed by atoms with E-state index >= 15 is 0 Å². The number of nitrogens with one attached hydrogen (secondary N) is 1. The van der Waals surface area contributed by atoms with Crippen LogP contribution in [0, 0.1) is 11.8 Å². The van der Waals surface area contributed by atoms with Crippen LogP contribution < -0.4 is 5.32 Å². The summed E-state index contributed by atoms with van der Waals surface area (Å²) in [4.78, 5) is 41.3. The van der Waals surface area contributed by atoms with Gasteiger partial charge in [0.15, 0.2) is 0 Å². The van der Waals surface area contributed by atoms with Crippen LogP contribution in [0.15, 0.2) is 0 Å². The first-order chi connectivity index (χ1) is 13.7. The van der Waals surface area contributed by atoms with Crippen LogP contribution in [-0.2, 0) is 23.8 Å². The minimum atomic E-state index is -0.586. The van der Waals surface area contributed by atoms with Crippen molar-refractivity contribution in [1.29, 1.82) is 0 Å². The summed E-state index contributed by atoms with van der Waals surface area (Å²) in [7, 11) is 0. The topological polar surface area (TPSA) is 97.4 Å². The van der Waals surface area contributed by atoms with Gasteiger partial charge >= 0.3 is 6.09 Å². The van der Waals surface area contributed by atoms with Crippen molar-refractivity contribution >= 4 is 17.9 Å². The van der Waals surface area contributed by atoms with Gasteiger partial charge in [-0.25, -0.2) is 4.79 Å². The average molecular weight is 411 g/mol. The molecule has 164 valence electrons. The van der Waals surface area contributed by atoms with E-state index in [1.165, 1.54) is 0 Å². The highest BCUT2D eigenvalue weighted by Crippen LogP contribution is 2.21. The Kier molecular flexibility index (Phi) is 7.00. The Morgan fingerprint density at radius 1 is 1.03 bits per heavy atom. The smallest absolute Gasteiger partial charge is 0.410 e. The highest BCUT2D eigenvalue weighted by molar-refractivity contribution is 5.81. The molecule has 3 aliphatic rings. The molecule has 1 N–H and O–H groups in total. The molecular weight excluding hydrogens is 378 g/mol. The van der Waals surface area contributed by atoms with Gasteiger partial charge in [0, 0.05) is 39.4 Å². The van der Waals surface area contributed by atoms with Gasteiger partial charge in [-0.3, -0.25) is 9.59 Å². The first kappa shape index (κ1) is 21.8. The molecule has 0 aliphatic carbocycles. The number of piperazine rings is 1. The van der Waals surface area contributed by atoms with Gasteiger partial charge in [0.25, 0.3) is 0 Å². The molecule has 0 aromatic carbocycles. The van der Waals surface area contributed by atoms with Crippen LogP contribution in [0.3, 0.4) is 0 Å². The van der Waals surface area contributed by atoms with Gasteiger partial charge in [-0.15, -0.1) is 0 Å². The minimum absolute atomic E-state index is 0.0368. The van der Waals surface area contributed by atoms with E-state index in [4.69, 9.17) is 14.2 Å². The van der Waals surface area contributed by atoms with Gasteiger partial charge in [0.05, 0.1) is 31.1 Å². The zero-order chi connectivity index (χ0) is 21.0. The van der Waals surface area contributed by atoms with Crippen LogP contribution in [0.5, 0.6) is 0 Å². The first-order valence-corrected chi connectivity index (χ1v) is 10.5. The van der Waals surface area contributed by atoms with Crippen LogP contribution >= 0.6 is 0 Å². The van der Waals surface area contributed by atoms with Crippen molar-refractivity contribution in [1.82, 2.24) is 15.1 Å². The molecule has 9 heteroatoms. The van der Waals surface area contributed by atoms with Crippen LogP contribution in [0.4, 0.5) is 4.79 Å². The quantitative estimate of drug-likeness (QED) is 0.729. The summed E-state index contributed by atoms with van der Waals surface area (Å²) >= 11 is 0. The fraction of sp³-hybridized carbons (Fsp3) is 0.850. The summed E-state index contributed by atoms with van der Waals surface area (Å²) in [5, 5.41) is 2.95. The van der Waals surface area contributed by atoms with Crippen molar-refractivity contribution in [3.8, 4) is 0 Å². The van der Waals surface area contributed by atoms with Crippen LogP contribution in [-0.4, -0.2) is 92.0 Å². The number of hydrogen-bond donors (Lipinski definition) is 1. The van der Waals surface area contributed by atoms with E-state index in [0.717, 1.165) is 0 Å². The van der Waals surface area contributed by atoms with Crippen molar-refractivity contribution in [2.24, 2.45) is 11.8 Å². The SMILES string of the molecule is CC(C)(C)OC(=O)N1CCN(C(=O)[C@@H]2CCOC2)[C@H](CNC(=O)[C@H]2CCOC2)C1. The third-order valence-corrected chi connectivity index (χ3v) is 5.51.